The lowest BCUT2D eigenvalue weighted by Gasteiger charge is -2.20. The lowest BCUT2D eigenvalue weighted by molar-refractivity contribution is -0.128. The first-order valence-electron chi connectivity index (χ1n) is 7.59. The van der Waals surface area contributed by atoms with Crippen molar-refractivity contribution in [3.05, 3.63) is 53.2 Å². The molecule has 0 radical (unpaired) electrons. The van der Waals surface area contributed by atoms with Gasteiger partial charge in [0.1, 0.15) is 5.82 Å². The number of carbonyl (C=O) groups is 1. The highest BCUT2D eigenvalue weighted by Crippen LogP contribution is 2.28. The molecule has 0 aliphatic heterocycles. The van der Waals surface area contributed by atoms with Gasteiger partial charge in [0.2, 0.25) is 5.91 Å². The predicted octanol–water partition coefficient (Wildman–Crippen LogP) is 4.31. The topological polar surface area (TPSA) is 29.5 Å². The van der Waals surface area contributed by atoms with E-state index < -0.39 is 18.9 Å². The van der Waals surface area contributed by atoms with Crippen molar-refractivity contribution in [3.8, 4) is 10.4 Å². The molecule has 3 nitrogen and oxygen atoms in total. The van der Waals surface area contributed by atoms with Gasteiger partial charge in [-0.2, -0.15) is 0 Å². The zero-order valence-electron chi connectivity index (χ0n) is 13.6. The minimum absolute atomic E-state index is 0.106. The number of methoxy groups -OCH3 is 1. The Morgan fingerprint density at radius 1 is 1.24 bits per heavy atom. The van der Waals surface area contributed by atoms with Crippen LogP contribution in [0.3, 0.4) is 0 Å². The zero-order chi connectivity index (χ0) is 18.2. The van der Waals surface area contributed by atoms with E-state index in [9.17, 15) is 18.0 Å². The Hall–Kier alpha value is -2.12. The molecule has 134 valence electrons. The van der Waals surface area contributed by atoms with Crippen molar-refractivity contribution in [2.75, 3.05) is 26.8 Å². The summed E-state index contributed by atoms with van der Waals surface area (Å²) in [7, 11) is 1.45. The molecule has 2 aromatic rings. The average molecular weight is 369 g/mol. The smallest absolute Gasteiger partial charge is 0.255 e. The molecule has 0 spiro atoms. The fourth-order valence-electron chi connectivity index (χ4n) is 2.13. The number of ether oxygens (including phenoxy) is 1. The quantitative estimate of drug-likeness (QED) is 0.649. The Morgan fingerprint density at radius 3 is 2.60 bits per heavy atom. The van der Waals surface area contributed by atoms with E-state index in [1.165, 1.54) is 36.7 Å². The summed E-state index contributed by atoms with van der Waals surface area (Å²) in [6.45, 7) is -0.326. The number of carbonyl (C=O) groups excluding carboxylic acids is 1. The summed E-state index contributed by atoms with van der Waals surface area (Å²) < 4.78 is 42.9. The van der Waals surface area contributed by atoms with Crippen molar-refractivity contribution in [3.63, 3.8) is 0 Å². The SMILES string of the molecule is COCCN(CC(F)F)C(=O)/C=C/c1ccc(-c2ccc(F)cc2)s1. The fraction of sp³-hybridized carbons (Fsp3) is 0.278. The first-order valence-corrected chi connectivity index (χ1v) is 8.41. The first kappa shape index (κ1) is 19.2. The minimum atomic E-state index is -2.60. The van der Waals surface area contributed by atoms with Crippen molar-refractivity contribution in [2.24, 2.45) is 0 Å². The van der Waals surface area contributed by atoms with Crippen molar-refractivity contribution in [2.45, 2.75) is 6.43 Å². The van der Waals surface area contributed by atoms with Gasteiger partial charge in [-0.1, -0.05) is 12.1 Å². The van der Waals surface area contributed by atoms with Crippen LogP contribution in [0.2, 0.25) is 0 Å². The van der Waals surface area contributed by atoms with Crippen molar-refractivity contribution >= 4 is 23.3 Å². The molecule has 0 bridgehead atoms. The van der Waals surface area contributed by atoms with Gasteiger partial charge < -0.3 is 9.64 Å². The van der Waals surface area contributed by atoms with E-state index in [2.05, 4.69) is 0 Å². The van der Waals surface area contributed by atoms with Gasteiger partial charge >= 0.3 is 0 Å². The normalized spacial score (nSPS) is 11.4. The van der Waals surface area contributed by atoms with Gasteiger partial charge in [0.25, 0.3) is 6.43 Å². The largest absolute Gasteiger partial charge is 0.383 e. The maximum atomic E-state index is 13.0. The molecule has 0 saturated heterocycles. The highest BCUT2D eigenvalue weighted by atomic mass is 32.1. The summed E-state index contributed by atoms with van der Waals surface area (Å²) in [5, 5.41) is 0. The van der Waals surface area contributed by atoms with E-state index >= 15 is 0 Å². The second kappa shape index (κ2) is 9.39. The van der Waals surface area contributed by atoms with E-state index in [1.54, 1.807) is 18.2 Å². The number of rotatable bonds is 8. The molecule has 0 saturated carbocycles. The zero-order valence-corrected chi connectivity index (χ0v) is 14.4. The van der Waals surface area contributed by atoms with Crippen LogP contribution in [0.4, 0.5) is 13.2 Å². The molecule has 1 aromatic heterocycles. The van der Waals surface area contributed by atoms with Crippen LogP contribution in [-0.2, 0) is 9.53 Å². The molecular formula is C18H18F3NO2S. The summed E-state index contributed by atoms with van der Waals surface area (Å²) in [5.41, 5.74) is 0.872. The number of thiophene rings is 1. The van der Waals surface area contributed by atoms with Crippen LogP contribution in [0.1, 0.15) is 4.88 Å². The summed E-state index contributed by atoms with van der Waals surface area (Å²) in [6, 6.07) is 9.80. The monoisotopic (exact) mass is 369 g/mol. The predicted molar refractivity (Wildman–Crippen MR) is 93.2 cm³/mol. The lowest BCUT2D eigenvalue weighted by Crippen LogP contribution is -2.36. The Labute approximate surface area is 148 Å². The molecule has 25 heavy (non-hydrogen) atoms. The van der Waals surface area contributed by atoms with Crippen LogP contribution in [0.15, 0.2) is 42.5 Å². The van der Waals surface area contributed by atoms with E-state index in [1.807, 2.05) is 12.1 Å². The Kier molecular flexibility index (Phi) is 7.21. The minimum Gasteiger partial charge on any atom is -0.383 e. The number of hydrogen-bond donors (Lipinski definition) is 0. The first-order chi connectivity index (χ1) is 12.0. The molecule has 7 heteroatoms. The molecule has 0 aliphatic carbocycles. The Balaban J connectivity index is 2.04. The highest BCUT2D eigenvalue weighted by molar-refractivity contribution is 7.16. The Bertz CT molecular complexity index is 713. The summed E-state index contributed by atoms with van der Waals surface area (Å²) in [4.78, 5) is 14.9. The van der Waals surface area contributed by atoms with Crippen molar-refractivity contribution in [1.29, 1.82) is 0 Å². The van der Waals surface area contributed by atoms with Crippen LogP contribution in [-0.4, -0.2) is 44.0 Å². The molecule has 0 unspecified atom stereocenters. The molecule has 0 fully saturated rings. The number of halogens is 3. The summed E-state index contributed by atoms with van der Waals surface area (Å²) in [5.74, 6) is -0.796. The number of hydrogen-bond acceptors (Lipinski definition) is 3. The summed E-state index contributed by atoms with van der Waals surface area (Å²) >= 11 is 1.42. The Morgan fingerprint density at radius 2 is 1.96 bits per heavy atom. The second-order valence-corrected chi connectivity index (χ2v) is 6.33. The van der Waals surface area contributed by atoms with Gasteiger partial charge in [0.15, 0.2) is 0 Å². The van der Waals surface area contributed by atoms with Gasteiger partial charge in [-0.15, -0.1) is 11.3 Å². The maximum absolute atomic E-state index is 13.0. The van der Waals surface area contributed by atoms with E-state index in [0.717, 1.165) is 20.2 Å². The lowest BCUT2D eigenvalue weighted by atomic mass is 10.2. The third-order valence-corrected chi connectivity index (χ3v) is 4.48. The third kappa shape index (κ3) is 6.03. The molecule has 1 amide bonds. The number of alkyl halides is 2. The molecule has 0 N–H and O–H groups in total. The molecule has 0 aliphatic rings. The molecule has 2 rings (SSSR count). The van der Waals surface area contributed by atoms with Gasteiger partial charge in [-0.05, 0) is 35.9 Å². The van der Waals surface area contributed by atoms with Crippen LogP contribution in [0.5, 0.6) is 0 Å². The van der Waals surface area contributed by atoms with Gasteiger partial charge in [0, 0.05) is 29.5 Å². The number of nitrogens with zero attached hydrogens (tertiary/aromatic N) is 1. The van der Waals surface area contributed by atoms with Gasteiger partial charge in [-0.3, -0.25) is 4.79 Å². The van der Waals surface area contributed by atoms with Crippen LogP contribution in [0, 0.1) is 5.82 Å². The van der Waals surface area contributed by atoms with Gasteiger partial charge in [0.05, 0.1) is 13.2 Å². The highest BCUT2D eigenvalue weighted by Gasteiger charge is 2.15. The molecule has 1 heterocycles. The number of amides is 1. The third-order valence-electron chi connectivity index (χ3n) is 3.38. The van der Waals surface area contributed by atoms with Crippen LogP contribution < -0.4 is 0 Å². The van der Waals surface area contributed by atoms with Crippen molar-refractivity contribution in [1.82, 2.24) is 4.90 Å². The molecular weight excluding hydrogens is 351 g/mol. The van der Waals surface area contributed by atoms with E-state index in [0.29, 0.717) is 0 Å². The van der Waals surface area contributed by atoms with Crippen LogP contribution in [0.25, 0.3) is 16.5 Å². The molecule has 1 aromatic carbocycles. The van der Waals surface area contributed by atoms with E-state index in [-0.39, 0.29) is 19.0 Å². The fourth-order valence-corrected chi connectivity index (χ4v) is 3.05. The van der Waals surface area contributed by atoms with Crippen molar-refractivity contribution < 1.29 is 22.7 Å². The van der Waals surface area contributed by atoms with Gasteiger partial charge in [-0.25, -0.2) is 13.2 Å². The molecule has 0 atom stereocenters. The average Bonchev–Trinajstić information content (AvgIpc) is 3.05. The standard InChI is InChI=1S/C18H18F3NO2S/c1-24-11-10-22(12-17(20)21)18(23)9-7-15-6-8-16(25-15)13-2-4-14(19)5-3-13/h2-9,17H,10-12H2,1H3/b9-7+. The second-order valence-electron chi connectivity index (χ2n) is 5.21. The maximum Gasteiger partial charge on any atom is 0.255 e. The van der Waals surface area contributed by atoms with Crippen LogP contribution >= 0.6 is 11.3 Å². The van der Waals surface area contributed by atoms with E-state index in [4.69, 9.17) is 4.74 Å². The number of benzene rings is 1. The summed E-state index contributed by atoms with van der Waals surface area (Å²) in [6.07, 6.45) is 0.268.